The molecule has 10 nitrogen and oxygen atoms in total. The molecule has 3 aromatic rings. The topological polar surface area (TPSA) is 121 Å². The normalized spacial score (nSPS) is 24.8. The van der Waals surface area contributed by atoms with E-state index in [0.717, 1.165) is 16.7 Å². The van der Waals surface area contributed by atoms with Crippen LogP contribution in [-0.4, -0.2) is 55.9 Å². The molecule has 0 spiro atoms. The van der Waals surface area contributed by atoms with E-state index >= 15 is 4.39 Å². The summed E-state index contributed by atoms with van der Waals surface area (Å²) in [5, 5.41) is 10.3. The Bertz CT molecular complexity index is 1470. The number of methoxy groups -OCH3 is 2. The Morgan fingerprint density at radius 1 is 1.02 bits per heavy atom. The van der Waals surface area contributed by atoms with Gasteiger partial charge in [-0.2, -0.15) is 0 Å². The number of hydrogen-bond acceptors (Lipinski definition) is 6. The lowest BCUT2D eigenvalue weighted by Crippen LogP contribution is -2.60. The Kier molecular flexibility index (Phi) is 9.10. The number of hydrogen-bond donors (Lipinski definition) is 2. The number of alkyl halides is 1. The van der Waals surface area contributed by atoms with E-state index in [9.17, 15) is 4.79 Å². The van der Waals surface area contributed by atoms with E-state index in [1.165, 1.54) is 4.90 Å². The minimum Gasteiger partial charge on any atom is -0.497 e. The molecular formula is C33H37FN6O4. The van der Waals surface area contributed by atoms with E-state index in [1.54, 1.807) is 33.4 Å². The van der Waals surface area contributed by atoms with Crippen LogP contribution in [0.4, 0.5) is 9.18 Å². The molecule has 11 heteroatoms. The molecule has 5 rings (SSSR count). The summed E-state index contributed by atoms with van der Waals surface area (Å²) in [5.41, 5.74) is 9.67. The Labute approximate surface area is 256 Å². The van der Waals surface area contributed by atoms with Crippen LogP contribution >= 0.6 is 0 Å². The van der Waals surface area contributed by atoms with Crippen LogP contribution in [0.3, 0.4) is 0 Å². The van der Waals surface area contributed by atoms with Crippen molar-refractivity contribution in [2.45, 2.75) is 50.0 Å². The second-order valence-corrected chi connectivity index (χ2v) is 10.9. The number of nitrogens with one attached hydrogen (secondary N) is 2. The fourth-order valence-corrected chi connectivity index (χ4v) is 6.15. The standard InChI is InChI=1S/C33H37FN6O4/c1-5-32(21-36-39-35)22(2)29(34)30(44-32)40-20-19-28(37-31(40)41)38-33(23-9-7-6-8-10-23,24-11-15-26(42-3)16-12-24)25-13-17-27(43-4)18-14-25/h6-20,22,28-30,38H,5,21H2,1-4H3,(H,37,41)/t22-,28?,29+,30+,32-/m0/s1. The first kappa shape index (κ1) is 30.9. The van der Waals surface area contributed by atoms with Gasteiger partial charge in [0.1, 0.15) is 17.7 Å². The van der Waals surface area contributed by atoms with Gasteiger partial charge in [0.05, 0.1) is 31.9 Å². The molecular weight excluding hydrogens is 563 g/mol. The number of amides is 2. The highest BCUT2D eigenvalue weighted by Gasteiger charge is 2.55. The van der Waals surface area contributed by atoms with Gasteiger partial charge in [0.2, 0.25) is 0 Å². The molecule has 3 aromatic carbocycles. The summed E-state index contributed by atoms with van der Waals surface area (Å²) in [7, 11) is 3.24. The van der Waals surface area contributed by atoms with Gasteiger partial charge in [-0.3, -0.25) is 10.2 Å². The van der Waals surface area contributed by atoms with Crippen LogP contribution in [0.5, 0.6) is 11.5 Å². The molecule has 0 aromatic heterocycles. The summed E-state index contributed by atoms with van der Waals surface area (Å²) < 4.78 is 32.7. The van der Waals surface area contributed by atoms with E-state index in [0.29, 0.717) is 17.9 Å². The minimum absolute atomic E-state index is 0.0231. The molecule has 230 valence electrons. The summed E-state index contributed by atoms with van der Waals surface area (Å²) in [6.45, 7) is 3.55. The van der Waals surface area contributed by atoms with Crippen molar-refractivity contribution in [1.82, 2.24) is 15.5 Å². The first-order chi connectivity index (χ1) is 21.3. The smallest absolute Gasteiger partial charge is 0.325 e. The van der Waals surface area contributed by atoms with Gasteiger partial charge >= 0.3 is 6.03 Å². The van der Waals surface area contributed by atoms with Crippen molar-refractivity contribution in [2.75, 3.05) is 20.8 Å². The third-order valence-corrected chi connectivity index (χ3v) is 8.79. The van der Waals surface area contributed by atoms with Gasteiger partial charge in [-0.25, -0.2) is 9.18 Å². The zero-order valence-corrected chi connectivity index (χ0v) is 25.2. The first-order valence-corrected chi connectivity index (χ1v) is 14.5. The van der Waals surface area contributed by atoms with Gasteiger partial charge in [-0.1, -0.05) is 73.6 Å². The lowest BCUT2D eigenvalue weighted by atomic mass is 9.76. The maximum atomic E-state index is 15.7. The first-order valence-electron chi connectivity index (χ1n) is 14.5. The number of urea groups is 1. The van der Waals surface area contributed by atoms with E-state index in [1.807, 2.05) is 85.8 Å². The third-order valence-electron chi connectivity index (χ3n) is 8.79. The summed E-state index contributed by atoms with van der Waals surface area (Å²) in [6, 6.07) is 24.9. The maximum absolute atomic E-state index is 15.7. The summed E-state index contributed by atoms with van der Waals surface area (Å²) in [6.07, 6.45) is 0.448. The number of azide groups is 1. The molecule has 0 aliphatic carbocycles. The second-order valence-electron chi connectivity index (χ2n) is 10.9. The Morgan fingerprint density at radius 3 is 2.09 bits per heavy atom. The molecule has 5 atom stereocenters. The van der Waals surface area contributed by atoms with Crippen molar-refractivity contribution in [3.8, 4) is 11.5 Å². The van der Waals surface area contributed by atoms with Gasteiger partial charge in [0, 0.05) is 17.0 Å². The van der Waals surface area contributed by atoms with Gasteiger partial charge in [0.15, 0.2) is 12.4 Å². The third kappa shape index (κ3) is 5.57. The average molecular weight is 601 g/mol. The largest absolute Gasteiger partial charge is 0.497 e. The average Bonchev–Trinajstić information content (AvgIpc) is 3.32. The Hall–Kier alpha value is -4.57. The molecule has 2 aliphatic rings. The zero-order valence-electron chi connectivity index (χ0n) is 25.2. The SMILES string of the molecule is CC[C@@]1(CN=[N+]=[N-])O[C@@H](N2C=CC(NC(c3ccccc3)(c3ccc(OC)cc3)c3ccc(OC)cc3)NC2=O)[C@H](F)[C@@H]1C. The van der Waals surface area contributed by atoms with E-state index < -0.39 is 41.7 Å². The molecule has 1 unspecified atom stereocenters. The van der Waals surface area contributed by atoms with Gasteiger partial charge in [-0.15, -0.1) is 0 Å². The molecule has 0 saturated carbocycles. The predicted molar refractivity (Wildman–Crippen MR) is 165 cm³/mol. The lowest BCUT2D eigenvalue weighted by Gasteiger charge is -2.41. The molecule has 0 radical (unpaired) electrons. The van der Waals surface area contributed by atoms with Crippen molar-refractivity contribution in [1.29, 1.82) is 0 Å². The van der Waals surface area contributed by atoms with Gasteiger partial charge < -0.3 is 19.5 Å². The van der Waals surface area contributed by atoms with Crippen molar-refractivity contribution in [2.24, 2.45) is 11.0 Å². The molecule has 1 saturated heterocycles. The quantitative estimate of drug-likeness (QED) is 0.117. The van der Waals surface area contributed by atoms with Crippen LogP contribution in [0.25, 0.3) is 10.4 Å². The number of benzene rings is 3. The summed E-state index contributed by atoms with van der Waals surface area (Å²) >= 11 is 0. The minimum atomic E-state index is -1.48. The summed E-state index contributed by atoms with van der Waals surface area (Å²) in [5.74, 6) is 0.834. The van der Waals surface area contributed by atoms with Crippen molar-refractivity contribution >= 4 is 6.03 Å². The molecule has 2 aliphatic heterocycles. The number of carbonyl (C=O) groups is 1. The van der Waals surface area contributed by atoms with Crippen LogP contribution in [-0.2, 0) is 10.3 Å². The Balaban J connectivity index is 1.53. The van der Waals surface area contributed by atoms with Crippen LogP contribution < -0.4 is 20.1 Å². The van der Waals surface area contributed by atoms with Crippen molar-refractivity contribution in [3.63, 3.8) is 0 Å². The molecule has 0 bridgehead atoms. The zero-order chi connectivity index (χ0) is 31.3. The van der Waals surface area contributed by atoms with Gasteiger partial charge in [-0.05, 0) is 59.0 Å². The van der Waals surface area contributed by atoms with Crippen molar-refractivity contribution in [3.05, 3.63) is 118 Å². The highest BCUT2D eigenvalue weighted by atomic mass is 19.1. The maximum Gasteiger partial charge on any atom is 0.325 e. The van der Waals surface area contributed by atoms with Crippen molar-refractivity contribution < 1.29 is 23.4 Å². The number of ether oxygens (including phenoxy) is 3. The second kappa shape index (κ2) is 13.0. The molecule has 44 heavy (non-hydrogen) atoms. The van der Waals surface area contributed by atoms with Crippen LogP contribution in [0.15, 0.2) is 96.3 Å². The highest BCUT2D eigenvalue weighted by molar-refractivity contribution is 5.77. The summed E-state index contributed by atoms with van der Waals surface area (Å²) in [4.78, 5) is 17.7. The number of nitrogens with zero attached hydrogens (tertiary/aromatic N) is 4. The van der Waals surface area contributed by atoms with Crippen LogP contribution in [0.1, 0.15) is 37.0 Å². The molecule has 1 fully saturated rings. The number of halogens is 1. The van der Waals surface area contributed by atoms with Gasteiger partial charge in [0.25, 0.3) is 0 Å². The number of carbonyl (C=O) groups excluding carboxylic acids is 1. The fraction of sp³-hybridized carbons (Fsp3) is 0.364. The molecule has 2 heterocycles. The van der Waals surface area contributed by atoms with Crippen LogP contribution in [0.2, 0.25) is 0 Å². The van der Waals surface area contributed by atoms with E-state index in [2.05, 4.69) is 20.7 Å². The van der Waals surface area contributed by atoms with Crippen LogP contribution in [0, 0.1) is 5.92 Å². The predicted octanol–water partition coefficient (Wildman–Crippen LogP) is 6.24. The number of rotatable bonds is 11. The molecule has 2 amide bonds. The lowest BCUT2D eigenvalue weighted by molar-refractivity contribution is -0.0936. The fourth-order valence-electron chi connectivity index (χ4n) is 6.15. The molecule has 2 N–H and O–H groups in total. The monoisotopic (exact) mass is 600 g/mol. The Morgan fingerprint density at radius 2 is 1.59 bits per heavy atom. The van der Waals surface area contributed by atoms with E-state index in [-0.39, 0.29) is 6.54 Å². The van der Waals surface area contributed by atoms with E-state index in [4.69, 9.17) is 19.7 Å². The highest BCUT2D eigenvalue weighted by Crippen LogP contribution is 2.43.